The second-order valence-electron chi connectivity index (χ2n) is 6.78. The molecule has 0 amide bonds. The van der Waals surface area contributed by atoms with Gasteiger partial charge in [0, 0.05) is 31.2 Å². The minimum Gasteiger partial charge on any atom is -0.308 e. The molecule has 0 aliphatic carbocycles. The topological polar surface area (TPSA) is 15.3 Å². The van der Waals surface area contributed by atoms with Crippen LogP contribution in [0.4, 0.5) is 0 Å². The summed E-state index contributed by atoms with van der Waals surface area (Å²) >= 11 is 0. The van der Waals surface area contributed by atoms with Gasteiger partial charge in [-0.05, 0) is 31.6 Å². The molecule has 1 aliphatic rings. The summed E-state index contributed by atoms with van der Waals surface area (Å²) < 4.78 is 0. The molecule has 1 saturated heterocycles. The summed E-state index contributed by atoms with van der Waals surface area (Å²) in [5, 5.41) is 3.86. The lowest BCUT2D eigenvalue weighted by molar-refractivity contribution is 0.0551. The van der Waals surface area contributed by atoms with Gasteiger partial charge in [-0.1, -0.05) is 53.9 Å². The molecule has 0 spiro atoms. The van der Waals surface area contributed by atoms with Gasteiger partial charge in [-0.3, -0.25) is 4.90 Å². The van der Waals surface area contributed by atoms with Crippen LogP contribution in [0.15, 0.2) is 0 Å². The number of hydrogen-bond donors (Lipinski definition) is 1. The minimum absolute atomic E-state index is 0.370. The lowest BCUT2D eigenvalue weighted by Crippen LogP contribution is -2.64. The molecule has 2 atom stereocenters. The zero-order valence-electron chi connectivity index (χ0n) is 14.7. The van der Waals surface area contributed by atoms with Gasteiger partial charge in [-0.2, -0.15) is 0 Å². The highest BCUT2D eigenvalue weighted by Crippen LogP contribution is 2.26. The van der Waals surface area contributed by atoms with Gasteiger partial charge in [0.2, 0.25) is 0 Å². The van der Waals surface area contributed by atoms with Gasteiger partial charge in [-0.15, -0.1) is 0 Å². The van der Waals surface area contributed by atoms with E-state index in [1.807, 2.05) is 0 Å². The van der Waals surface area contributed by atoms with Crippen LogP contribution >= 0.6 is 0 Å². The predicted molar refractivity (Wildman–Crippen MR) is 90.3 cm³/mol. The second-order valence-corrected chi connectivity index (χ2v) is 6.78. The average molecular weight is 283 g/mol. The minimum atomic E-state index is 0.370. The summed E-state index contributed by atoms with van der Waals surface area (Å²) in [7, 11) is 0. The van der Waals surface area contributed by atoms with Gasteiger partial charge in [0.1, 0.15) is 0 Å². The quantitative estimate of drug-likeness (QED) is 0.672. The van der Waals surface area contributed by atoms with Crippen LogP contribution in [-0.4, -0.2) is 36.1 Å². The maximum atomic E-state index is 3.86. The van der Waals surface area contributed by atoms with Crippen molar-refractivity contribution in [2.75, 3.05) is 19.6 Å². The zero-order chi connectivity index (χ0) is 15.0. The number of hydrogen-bond acceptors (Lipinski definition) is 2. The molecule has 0 aromatic rings. The fraction of sp³-hybridized carbons (Fsp3) is 1.00. The number of nitrogens with zero attached hydrogens (tertiary/aromatic N) is 1. The van der Waals surface area contributed by atoms with Gasteiger partial charge in [0.25, 0.3) is 0 Å². The van der Waals surface area contributed by atoms with Gasteiger partial charge in [0.05, 0.1) is 0 Å². The SMILES string of the molecule is CCCCC(CC)CN1CC(CC)(CC)NCC1CC. The van der Waals surface area contributed by atoms with Crippen molar-refractivity contribution in [3.05, 3.63) is 0 Å². The summed E-state index contributed by atoms with van der Waals surface area (Å²) in [6, 6.07) is 0.747. The Balaban J connectivity index is 2.65. The Kier molecular flexibility index (Phi) is 8.13. The molecule has 1 N–H and O–H groups in total. The number of rotatable bonds is 9. The van der Waals surface area contributed by atoms with E-state index in [4.69, 9.17) is 0 Å². The summed E-state index contributed by atoms with van der Waals surface area (Å²) in [4.78, 5) is 2.81. The monoisotopic (exact) mass is 282 g/mol. The number of unbranched alkanes of at least 4 members (excludes halogenated alkanes) is 1. The first-order chi connectivity index (χ1) is 9.64. The maximum Gasteiger partial charge on any atom is 0.0304 e. The third kappa shape index (κ3) is 4.73. The van der Waals surface area contributed by atoms with Crippen molar-refractivity contribution in [2.45, 2.75) is 91.1 Å². The Labute approximate surface area is 127 Å². The molecule has 0 bridgehead atoms. The fourth-order valence-electron chi connectivity index (χ4n) is 3.63. The van der Waals surface area contributed by atoms with Crippen molar-refractivity contribution < 1.29 is 0 Å². The predicted octanol–water partition coefficient (Wildman–Crippen LogP) is 4.45. The lowest BCUT2D eigenvalue weighted by atomic mass is 9.87. The molecule has 1 aliphatic heterocycles. The maximum absolute atomic E-state index is 3.86. The van der Waals surface area contributed by atoms with Gasteiger partial charge >= 0.3 is 0 Å². The van der Waals surface area contributed by atoms with E-state index < -0.39 is 0 Å². The van der Waals surface area contributed by atoms with Crippen LogP contribution in [0.3, 0.4) is 0 Å². The highest BCUT2D eigenvalue weighted by atomic mass is 15.3. The molecule has 120 valence electrons. The van der Waals surface area contributed by atoms with Crippen molar-refractivity contribution in [3.63, 3.8) is 0 Å². The molecule has 1 rings (SSSR count). The van der Waals surface area contributed by atoms with Crippen molar-refractivity contribution in [2.24, 2.45) is 5.92 Å². The van der Waals surface area contributed by atoms with E-state index in [2.05, 4.69) is 44.8 Å². The van der Waals surface area contributed by atoms with Crippen molar-refractivity contribution in [1.29, 1.82) is 0 Å². The molecule has 0 saturated carbocycles. The number of nitrogens with one attached hydrogen (secondary N) is 1. The van der Waals surface area contributed by atoms with E-state index in [0.29, 0.717) is 5.54 Å². The molecule has 20 heavy (non-hydrogen) atoms. The summed E-state index contributed by atoms with van der Waals surface area (Å²) in [6.45, 7) is 15.5. The van der Waals surface area contributed by atoms with Crippen LogP contribution < -0.4 is 5.32 Å². The molecular weight excluding hydrogens is 244 g/mol. The number of piperazine rings is 1. The fourth-order valence-corrected chi connectivity index (χ4v) is 3.63. The van der Waals surface area contributed by atoms with Crippen LogP contribution in [-0.2, 0) is 0 Å². The second kappa shape index (κ2) is 9.04. The van der Waals surface area contributed by atoms with Gasteiger partial charge < -0.3 is 5.32 Å². The van der Waals surface area contributed by atoms with E-state index in [1.165, 1.54) is 64.6 Å². The molecule has 0 aromatic heterocycles. The van der Waals surface area contributed by atoms with E-state index in [9.17, 15) is 0 Å². The summed E-state index contributed by atoms with van der Waals surface area (Å²) in [5.41, 5.74) is 0.370. The van der Waals surface area contributed by atoms with Crippen molar-refractivity contribution >= 4 is 0 Å². The normalized spacial score (nSPS) is 24.8. The zero-order valence-corrected chi connectivity index (χ0v) is 14.7. The Morgan fingerprint density at radius 1 is 1.15 bits per heavy atom. The lowest BCUT2D eigenvalue weighted by Gasteiger charge is -2.48. The van der Waals surface area contributed by atoms with Crippen LogP contribution in [0.2, 0.25) is 0 Å². The Hall–Kier alpha value is -0.0800. The molecule has 1 heterocycles. The van der Waals surface area contributed by atoms with E-state index in [-0.39, 0.29) is 0 Å². The molecule has 2 nitrogen and oxygen atoms in total. The van der Waals surface area contributed by atoms with Crippen LogP contribution in [0.5, 0.6) is 0 Å². The highest BCUT2D eigenvalue weighted by Gasteiger charge is 2.36. The standard InChI is InChI=1S/C18H38N2/c1-6-11-12-16(7-2)14-20-15-18(9-4,10-5)19-13-17(20)8-3/h16-17,19H,6-15H2,1-5H3. The first-order valence-electron chi connectivity index (χ1n) is 9.13. The third-order valence-electron chi connectivity index (χ3n) is 5.60. The van der Waals surface area contributed by atoms with Gasteiger partial charge in [0.15, 0.2) is 0 Å². The first kappa shape index (κ1) is 18.0. The molecule has 0 radical (unpaired) electrons. The Bertz CT molecular complexity index is 248. The third-order valence-corrected chi connectivity index (χ3v) is 5.60. The van der Waals surface area contributed by atoms with E-state index >= 15 is 0 Å². The van der Waals surface area contributed by atoms with E-state index in [1.54, 1.807) is 0 Å². The Morgan fingerprint density at radius 3 is 2.35 bits per heavy atom. The van der Waals surface area contributed by atoms with E-state index in [0.717, 1.165) is 12.0 Å². The van der Waals surface area contributed by atoms with Crippen LogP contribution in [0, 0.1) is 5.92 Å². The van der Waals surface area contributed by atoms with Crippen molar-refractivity contribution in [1.82, 2.24) is 10.2 Å². The molecule has 2 heteroatoms. The Morgan fingerprint density at radius 2 is 1.85 bits per heavy atom. The molecular formula is C18H38N2. The summed E-state index contributed by atoms with van der Waals surface area (Å²) in [6.07, 6.45) is 9.27. The van der Waals surface area contributed by atoms with Crippen molar-refractivity contribution in [3.8, 4) is 0 Å². The summed E-state index contributed by atoms with van der Waals surface area (Å²) in [5.74, 6) is 0.897. The van der Waals surface area contributed by atoms with Crippen LogP contribution in [0.25, 0.3) is 0 Å². The molecule has 0 aromatic carbocycles. The largest absolute Gasteiger partial charge is 0.308 e. The molecule has 1 fully saturated rings. The molecule has 2 unspecified atom stereocenters. The van der Waals surface area contributed by atoms with Crippen LogP contribution in [0.1, 0.15) is 79.6 Å². The smallest absolute Gasteiger partial charge is 0.0304 e. The van der Waals surface area contributed by atoms with Gasteiger partial charge in [-0.25, -0.2) is 0 Å². The average Bonchev–Trinajstić information content (AvgIpc) is 2.51. The first-order valence-corrected chi connectivity index (χ1v) is 9.13. The highest BCUT2D eigenvalue weighted by molar-refractivity contribution is 4.96.